The van der Waals surface area contributed by atoms with Gasteiger partial charge in [0.1, 0.15) is 17.6 Å². The Kier molecular flexibility index (Phi) is 8.17. The molecule has 3 aromatic carbocycles. The summed E-state index contributed by atoms with van der Waals surface area (Å²) in [5.74, 6) is -0.810. The highest BCUT2D eigenvalue weighted by molar-refractivity contribution is 8.00. The maximum Gasteiger partial charge on any atom is 0.301 e. The molecule has 0 spiro atoms. The zero-order valence-electron chi connectivity index (χ0n) is 21.6. The van der Waals surface area contributed by atoms with Gasteiger partial charge in [0.15, 0.2) is 4.34 Å². The Bertz CT molecular complexity index is 1790. The summed E-state index contributed by atoms with van der Waals surface area (Å²) in [6, 6.07) is 14.2. The van der Waals surface area contributed by atoms with Crippen LogP contribution in [0, 0.1) is 0 Å². The number of ether oxygens (including phenoxy) is 1. The first-order chi connectivity index (χ1) is 20.1. The Hall–Kier alpha value is -2.79. The van der Waals surface area contributed by atoms with Gasteiger partial charge < -0.3 is 9.84 Å². The third kappa shape index (κ3) is 5.50. The summed E-state index contributed by atoms with van der Waals surface area (Å²) >= 11 is 27.3. The lowest BCUT2D eigenvalue weighted by atomic mass is 9.94. The fourth-order valence-electron chi connectivity index (χ4n) is 4.89. The number of nitrogens with zero attached hydrogens (tertiary/aromatic N) is 3. The van der Waals surface area contributed by atoms with Gasteiger partial charge >= 0.3 is 5.91 Å². The van der Waals surface area contributed by atoms with Gasteiger partial charge in [0.05, 0.1) is 21.7 Å². The van der Waals surface area contributed by atoms with E-state index in [-0.39, 0.29) is 27.6 Å². The smallest absolute Gasteiger partial charge is 0.301 e. The second-order valence-corrected chi connectivity index (χ2v) is 13.5. The number of benzene rings is 3. The van der Waals surface area contributed by atoms with Crippen LogP contribution < -0.4 is 9.64 Å². The van der Waals surface area contributed by atoms with Crippen molar-refractivity contribution in [2.45, 2.75) is 35.6 Å². The number of hydrogen-bond acceptors (Lipinski definition) is 8. The molecule has 2 aliphatic heterocycles. The number of amides is 1. The molecule has 1 N–H and O–H groups in total. The van der Waals surface area contributed by atoms with Crippen LogP contribution in [0.1, 0.15) is 35.2 Å². The Morgan fingerprint density at radius 2 is 1.83 bits per heavy atom. The summed E-state index contributed by atoms with van der Waals surface area (Å²) in [7, 11) is 0. The Morgan fingerprint density at radius 1 is 1.02 bits per heavy atom. The van der Waals surface area contributed by atoms with E-state index in [1.54, 1.807) is 48.5 Å². The average molecular weight is 679 g/mol. The second-order valence-electron chi connectivity index (χ2n) is 9.67. The highest BCUT2D eigenvalue weighted by Gasteiger charge is 2.48. The van der Waals surface area contributed by atoms with Crippen LogP contribution >= 0.6 is 69.5 Å². The van der Waals surface area contributed by atoms with Crippen LogP contribution in [0.15, 0.2) is 64.5 Å². The van der Waals surface area contributed by atoms with Crippen molar-refractivity contribution in [3.63, 3.8) is 0 Å². The molecule has 0 bridgehead atoms. The molecule has 0 saturated carbocycles. The van der Waals surface area contributed by atoms with Gasteiger partial charge in [-0.15, -0.1) is 10.2 Å². The van der Waals surface area contributed by atoms with Crippen LogP contribution in [-0.2, 0) is 21.8 Å². The van der Waals surface area contributed by atoms with Crippen LogP contribution in [0.5, 0.6) is 5.75 Å². The number of Topliss-reactive ketones (excluding diaryl/α,β-unsaturated/α-hetero) is 1. The molecular formula is C29H19Cl4N3O4S2. The van der Waals surface area contributed by atoms with Crippen molar-refractivity contribution in [3.8, 4) is 5.75 Å². The molecule has 7 nitrogen and oxygen atoms in total. The predicted molar refractivity (Wildman–Crippen MR) is 167 cm³/mol. The number of aromatic nitrogens is 2. The van der Waals surface area contributed by atoms with E-state index >= 15 is 0 Å². The molecule has 1 amide bonds. The highest BCUT2D eigenvalue weighted by atomic mass is 35.5. The molecule has 6 rings (SSSR count). The summed E-state index contributed by atoms with van der Waals surface area (Å²) in [6.45, 7) is 1.95. The van der Waals surface area contributed by atoms with Crippen molar-refractivity contribution in [2.24, 2.45) is 0 Å². The number of hydrogen-bond donors (Lipinski definition) is 1. The molecule has 214 valence electrons. The quantitative estimate of drug-likeness (QED) is 0.0720. The first-order valence-electron chi connectivity index (χ1n) is 12.6. The number of carbonyl (C=O) groups excluding carboxylic acids is 2. The molecule has 3 heterocycles. The van der Waals surface area contributed by atoms with Crippen molar-refractivity contribution in [3.05, 3.63) is 103 Å². The van der Waals surface area contributed by atoms with Gasteiger partial charge in [-0.05, 0) is 66.1 Å². The Labute approximate surface area is 269 Å². The zero-order chi connectivity index (χ0) is 29.7. The summed E-state index contributed by atoms with van der Waals surface area (Å²) < 4.78 is 6.33. The molecular weight excluding hydrogens is 660 g/mol. The van der Waals surface area contributed by atoms with E-state index in [4.69, 9.17) is 51.1 Å². The van der Waals surface area contributed by atoms with Crippen LogP contribution in [-0.4, -0.2) is 33.1 Å². The number of aliphatic hydroxyl groups is 1. The summed E-state index contributed by atoms with van der Waals surface area (Å²) in [5, 5.41) is 21.8. The van der Waals surface area contributed by atoms with Crippen LogP contribution in [0.2, 0.25) is 20.1 Å². The van der Waals surface area contributed by atoms with E-state index in [9.17, 15) is 14.7 Å². The van der Waals surface area contributed by atoms with E-state index in [1.807, 2.05) is 13.0 Å². The molecule has 4 aromatic rings. The van der Waals surface area contributed by atoms with Gasteiger partial charge in [-0.3, -0.25) is 14.5 Å². The largest absolute Gasteiger partial charge is 0.507 e. The number of aliphatic hydroxyl groups excluding tert-OH is 1. The number of carbonyl (C=O) groups is 2. The Morgan fingerprint density at radius 3 is 2.60 bits per heavy atom. The van der Waals surface area contributed by atoms with Gasteiger partial charge in [-0.2, -0.15) is 0 Å². The molecule has 13 heteroatoms. The number of ketones is 1. The maximum atomic E-state index is 13.5. The first-order valence-corrected chi connectivity index (χ1v) is 15.9. The highest BCUT2D eigenvalue weighted by Crippen LogP contribution is 2.45. The lowest BCUT2D eigenvalue weighted by Crippen LogP contribution is -2.29. The lowest BCUT2D eigenvalue weighted by Gasteiger charge is -2.23. The third-order valence-corrected chi connectivity index (χ3v) is 10.3. The van der Waals surface area contributed by atoms with E-state index in [1.165, 1.54) is 16.7 Å². The minimum absolute atomic E-state index is 0.000582. The fraction of sp³-hybridized carbons (Fsp3) is 0.172. The number of anilines is 1. The fourth-order valence-corrected chi connectivity index (χ4v) is 7.62. The third-order valence-electron chi connectivity index (χ3n) is 6.84. The molecule has 1 aromatic heterocycles. The van der Waals surface area contributed by atoms with E-state index in [0.717, 1.165) is 28.2 Å². The minimum atomic E-state index is -1.03. The van der Waals surface area contributed by atoms with Gasteiger partial charge in [0, 0.05) is 27.8 Å². The summed E-state index contributed by atoms with van der Waals surface area (Å²) in [5.41, 5.74) is 2.53. The summed E-state index contributed by atoms with van der Waals surface area (Å²) in [4.78, 5) is 28.3. The monoisotopic (exact) mass is 677 g/mol. The van der Waals surface area contributed by atoms with Gasteiger partial charge in [0.2, 0.25) is 5.13 Å². The number of fused-ring (bicyclic) bond motifs is 1. The van der Waals surface area contributed by atoms with Gasteiger partial charge in [-0.25, -0.2) is 0 Å². The molecule has 0 aliphatic carbocycles. The maximum absolute atomic E-state index is 13.5. The summed E-state index contributed by atoms with van der Waals surface area (Å²) in [6.07, 6.45) is 0.660. The molecule has 2 unspecified atom stereocenters. The van der Waals surface area contributed by atoms with Gasteiger partial charge in [-0.1, -0.05) is 81.6 Å². The predicted octanol–water partition coefficient (Wildman–Crippen LogP) is 8.39. The van der Waals surface area contributed by atoms with Crippen molar-refractivity contribution in [1.29, 1.82) is 0 Å². The number of thioether (sulfide) groups is 1. The topological polar surface area (TPSA) is 92.6 Å². The van der Waals surface area contributed by atoms with Crippen molar-refractivity contribution >= 4 is 92.1 Å². The first kappa shape index (κ1) is 29.3. The zero-order valence-corrected chi connectivity index (χ0v) is 26.3. The van der Waals surface area contributed by atoms with Crippen LogP contribution in [0.3, 0.4) is 0 Å². The van der Waals surface area contributed by atoms with Crippen molar-refractivity contribution in [2.75, 3.05) is 4.90 Å². The number of rotatable bonds is 6. The van der Waals surface area contributed by atoms with E-state index in [2.05, 4.69) is 10.2 Å². The van der Waals surface area contributed by atoms with Crippen molar-refractivity contribution < 1.29 is 19.4 Å². The molecule has 0 radical (unpaired) electrons. The normalized spacial score (nSPS) is 19.3. The average Bonchev–Trinajstić information content (AvgIpc) is 3.64. The second kappa shape index (κ2) is 11.7. The lowest BCUT2D eigenvalue weighted by molar-refractivity contribution is -0.132. The molecule has 1 saturated heterocycles. The molecule has 2 aliphatic rings. The SMILES string of the molecule is CC1Cc2cc(/C(O)=C3\C(=O)C(=O)N(c4nnc(SCc5ccc(Cl)cc5Cl)s4)C3c3ccc(Cl)c(Cl)c3)ccc2O1. The van der Waals surface area contributed by atoms with E-state index in [0.29, 0.717) is 42.7 Å². The van der Waals surface area contributed by atoms with Gasteiger partial charge in [0.25, 0.3) is 5.78 Å². The molecule has 2 atom stereocenters. The number of halogens is 4. The Balaban J connectivity index is 1.39. The molecule has 1 fully saturated rings. The van der Waals surface area contributed by atoms with Crippen LogP contribution in [0.4, 0.5) is 5.13 Å². The van der Waals surface area contributed by atoms with Crippen molar-refractivity contribution in [1.82, 2.24) is 10.2 Å². The van der Waals surface area contributed by atoms with E-state index < -0.39 is 17.7 Å². The van der Waals surface area contributed by atoms with Crippen LogP contribution in [0.25, 0.3) is 5.76 Å². The molecule has 42 heavy (non-hydrogen) atoms. The standard InChI is InChI=1S/C29H19Cl4N3O4S2/c1-13-8-17-9-15(4-7-22(17)40-13)25(37)23-24(14-3-6-19(31)21(33)10-14)36(27(39)26(23)38)28-34-35-29(42-28)41-12-16-2-5-18(30)11-20(16)32/h2-7,9-11,13,24,37H,8,12H2,1H3/b25-23+. The minimum Gasteiger partial charge on any atom is -0.507 e.